The molecule has 1 atom stereocenters. The van der Waals surface area contributed by atoms with Crippen molar-refractivity contribution in [3.05, 3.63) is 59.2 Å². The zero-order valence-corrected chi connectivity index (χ0v) is 13.6. The van der Waals surface area contributed by atoms with Crippen molar-refractivity contribution in [1.82, 2.24) is 15.3 Å². The Kier molecular flexibility index (Phi) is 4.73. The van der Waals surface area contributed by atoms with Gasteiger partial charge in [-0.25, -0.2) is 0 Å². The zero-order chi connectivity index (χ0) is 15.5. The van der Waals surface area contributed by atoms with Crippen molar-refractivity contribution in [3.8, 4) is 0 Å². The molecular formula is C18H25N3. The molecule has 2 aromatic rings. The number of hydrogen-bond donors (Lipinski definition) is 1. The largest absolute Gasteiger partial charge is 0.305 e. The number of benzene rings is 1. The lowest BCUT2D eigenvalue weighted by Gasteiger charge is -2.22. The van der Waals surface area contributed by atoms with Crippen LogP contribution in [0, 0.1) is 6.92 Å². The molecule has 0 amide bonds. The molecule has 3 heteroatoms. The molecule has 112 valence electrons. The van der Waals surface area contributed by atoms with Gasteiger partial charge in [0.25, 0.3) is 0 Å². The molecule has 0 saturated heterocycles. The van der Waals surface area contributed by atoms with Crippen molar-refractivity contribution < 1.29 is 0 Å². The third kappa shape index (κ3) is 3.88. The minimum atomic E-state index is 0.0946. The van der Waals surface area contributed by atoms with E-state index in [-0.39, 0.29) is 11.5 Å². The van der Waals surface area contributed by atoms with Crippen LogP contribution in [-0.2, 0) is 5.41 Å². The average molecular weight is 283 g/mol. The van der Waals surface area contributed by atoms with Crippen molar-refractivity contribution in [2.45, 2.75) is 46.1 Å². The van der Waals surface area contributed by atoms with E-state index in [1.54, 1.807) is 0 Å². The molecule has 0 saturated carbocycles. The van der Waals surface area contributed by atoms with Gasteiger partial charge in [-0.1, -0.05) is 52.0 Å². The van der Waals surface area contributed by atoms with Crippen LogP contribution in [0.15, 0.2) is 36.7 Å². The first-order chi connectivity index (χ1) is 9.91. The van der Waals surface area contributed by atoms with Gasteiger partial charge in [-0.2, -0.15) is 0 Å². The summed E-state index contributed by atoms with van der Waals surface area (Å²) in [5.74, 6) is 0. The SMILES string of the molecule is CCNC(c1ccc(C(C)(C)C)cc1)c1cnc(C)cn1. The number of nitrogens with zero attached hydrogens (tertiary/aromatic N) is 2. The van der Waals surface area contributed by atoms with Crippen molar-refractivity contribution in [1.29, 1.82) is 0 Å². The second-order valence-corrected chi connectivity index (χ2v) is 6.45. The van der Waals surface area contributed by atoms with Crippen LogP contribution < -0.4 is 5.32 Å². The minimum absolute atomic E-state index is 0.0946. The maximum absolute atomic E-state index is 4.52. The van der Waals surface area contributed by atoms with E-state index >= 15 is 0 Å². The summed E-state index contributed by atoms with van der Waals surface area (Å²) >= 11 is 0. The third-order valence-electron chi connectivity index (χ3n) is 3.61. The van der Waals surface area contributed by atoms with E-state index in [2.05, 4.69) is 67.2 Å². The topological polar surface area (TPSA) is 37.8 Å². The second-order valence-electron chi connectivity index (χ2n) is 6.45. The summed E-state index contributed by atoms with van der Waals surface area (Å²) < 4.78 is 0. The first-order valence-electron chi connectivity index (χ1n) is 7.54. The lowest BCUT2D eigenvalue weighted by atomic mass is 9.86. The highest BCUT2D eigenvalue weighted by atomic mass is 14.9. The molecule has 3 nitrogen and oxygen atoms in total. The van der Waals surface area contributed by atoms with Crippen LogP contribution in [0.1, 0.15) is 56.3 Å². The van der Waals surface area contributed by atoms with Gasteiger partial charge in [0.15, 0.2) is 0 Å². The standard InChI is InChI=1S/C18H25N3/c1-6-19-17(16-12-20-13(2)11-21-16)14-7-9-15(10-8-14)18(3,4)5/h7-12,17,19H,6H2,1-5H3. The number of nitrogens with one attached hydrogen (secondary N) is 1. The van der Waals surface area contributed by atoms with Gasteiger partial charge in [-0.05, 0) is 30.0 Å². The minimum Gasteiger partial charge on any atom is -0.305 e. The molecule has 0 aliphatic carbocycles. The molecule has 0 spiro atoms. The van der Waals surface area contributed by atoms with E-state index < -0.39 is 0 Å². The van der Waals surface area contributed by atoms with Crippen LogP contribution >= 0.6 is 0 Å². The summed E-state index contributed by atoms with van der Waals surface area (Å²) in [6.07, 6.45) is 3.68. The van der Waals surface area contributed by atoms with Gasteiger partial charge in [0.05, 0.1) is 23.6 Å². The summed E-state index contributed by atoms with van der Waals surface area (Å²) in [7, 11) is 0. The normalized spacial score (nSPS) is 13.2. The summed E-state index contributed by atoms with van der Waals surface area (Å²) in [5, 5.41) is 3.49. The number of hydrogen-bond acceptors (Lipinski definition) is 3. The molecule has 0 bridgehead atoms. The molecule has 1 N–H and O–H groups in total. The van der Waals surface area contributed by atoms with Crippen LogP contribution in [0.3, 0.4) is 0 Å². The Morgan fingerprint density at radius 3 is 2.19 bits per heavy atom. The van der Waals surface area contributed by atoms with Crippen molar-refractivity contribution >= 4 is 0 Å². The molecule has 21 heavy (non-hydrogen) atoms. The molecule has 1 aromatic carbocycles. The summed E-state index contributed by atoms with van der Waals surface area (Å²) in [4.78, 5) is 8.88. The molecule has 0 aliphatic rings. The van der Waals surface area contributed by atoms with E-state index in [0.29, 0.717) is 0 Å². The van der Waals surface area contributed by atoms with Gasteiger partial charge in [-0.15, -0.1) is 0 Å². The van der Waals surface area contributed by atoms with E-state index in [1.807, 2.05) is 19.3 Å². The zero-order valence-electron chi connectivity index (χ0n) is 13.6. The third-order valence-corrected chi connectivity index (χ3v) is 3.61. The fourth-order valence-electron chi connectivity index (χ4n) is 2.32. The van der Waals surface area contributed by atoms with Crippen LogP contribution in [0.5, 0.6) is 0 Å². The Bertz CT molecular complexity index is 565. The summed E-state index contributed by atoms with van der Waals surface area (Å²) in [5.41, 5.74) is 4.65. The Labute approximate surface area is 127 Å². The fourth-order valence-corrected chi connectivity index (χ4v) is 2.32. The lowest BCUT2D eigenvalue weighted by Crippen LogP contribution is -2.23. The van der Waals surface area contributed by atoms with Crippen molar-refractivity contribution in [2.75, 3.05) is 6.54 Å². The molecule has 1 aromatic heterocycles. The second kappa shape index (κ2) is 6.35. The molecule has 0 fully saturated rings. The molecular weight excluding hydrogens is 258 g/mol. The number of aromatic nitrogens is 2. The van der Waals surface area contributed by atoms with Gasteiger partial charge in [0, 0.05) is 6.20 Å². The molecule has 1 heterocycles. The Morgan fingerprint density at radius 2 is 1.71 bits per heavy atom. The highest BCUT2D eigenvalue weighted by Gasteiger charge is 2.17. The quantitative estimate of drug-likeness (QED) is 0.928. The Hall–Kier alpha value is -1.74. The monoisotopic (exact) mass is 283 g/mol. The summed E-state index contributed by atoms with van der Waals surface area (Å²) in [6, 6.07) is 8.89. The number of aryl methyl sites for hydroxylation is 1. The maximum Gasteiger partial charge on any atom is 0.0801 e. The molecule has 1 unspecified atom stereocenters. The molecule has 0 radical (unpaired) electrons. The van der Waals surface area contributed by atoms with Crippen LogP contribution in [0.2, 0.25) is 0 Å². The lowest BCUT2D eigenvalue weighted by molar-refractivity contribution is 0.586. The average Bonchev–Trinajstić information content (AvgIpc) is 2.45. The van der Waals surface area contributed by atoms with Crippen LogP contribution in [0.4, 0.5) is 0 Å². The Balaban J connectivity index is 2.32. The van der Waals surface area contributed by atoms with Crippen LogP contribution in [0.25, 0.3) is 0 Å². The van der Waals surface area contributed by atoms with Crippen molar-refractivity contribution in [2.24, 2.45) is 0 Å². The molecule has 2 rings (SSSR count). The Morgan fingerprint density at radius 1 is 1.05 bits per heavy atom. The van der Waals surface area contributed by atoms with Gasteiger partial charge in [-0.3, -0.25) is 9.97 Å². The smallest absolute Gasteiger partial charge is 0.0801 e. The number of rotatable bonds is 4. The van der Waals surface area contributed by atoms with E-state index in [9.17, 15) is 0 Å². The van der Waals surface area contributed by atoms with E-state index in [1.165, 1.54) is 11.1 Å². The predicted molar refractivity (Wildman–Crippen MR) is 87.4 cm³/mol. The van der Waals surface area contributed by atoms with Crippen molar-refractivity contribution in [3.63, 3.8) is 0 Å². The highest BCUT2D eigenvalue weighted by Crippen LogP contribution is 2.25. The fraction of sp³-hybridized carbons (Fsp3) is 0.444. The van der Waals surface area contributed by atoms with E-state index in [0.717, 1.165) is 17.9 Å². The maximum atomic E-state index is 4.52. The predicted octanol–water partition coefficient (Wildman–Crippen LogP) is 3.78. The summed E-state index contributed by atoms with van der Waals surface area (Å²) in [6.45, 7) is 11.6. The van der Waals surface area contributed by atoms with E-state index in [4.69, 9.17) is 0 Å². The van der Waals surface area contributed by atoms with Gasteiger partial charge in [0.2, 0.25) is 0 Å². The van der Waals surface area contributed by atoms with Gasteiger partial charge in [0.1, 0.15) is 0 Å². The highest BCUT2D eigenvalue weighted by molar-refractivity contribution is 5.32. The molecule has 0 aliphatic heterocycles. The first kappa shape index (κ1) is 15.6. The van der Waals surface area contributed by atoms with Crippen LogP contribution in [-0.4, -0.2) is 16.5 Å². The van der Waals surface area contributed by atoms with Gasteiger partial charge < -0.3 is 5.32 Å². The first-order valence-corrected chi connectivity index (χ1v) is 7.54. The van der Waals surface area contributed by atoms with Gasteiger partial charge >= 0.3 is 0 Å².